The van der Waals surface area contributed by atoms with Gasteiger partial charge in [0.25, 0.3) is 5.91 Å². The van der Waals surface area contributed by atoms with Gasteiger partial charge in [-0.2, -0.15) is 8.42 Å². The first-order valence-corrected chi connectivity index (χ1v) is 10.1. The highest BCUT2D eigenvalue weighted by Gasteiger charge is 2.27. The van der Waals surface area contributed by atoms with E-state index in [4.69, 9.17) is 0 Å². The topological polar surface area (TPSA) is 78.8 Å². The van der Waals surface area contributed by atoms with Crippen molar-refractivity contribution in [3.8, 4) is 0 Å². The summed E-state index contributed by atoms with van der Waals surface area (Å²) in [4.78, 5) is 12.5. The van der Waals surface area contributed by atoms with Crippen LogP contribution in [0, 0.1) is 5.82 Å². The average Bonchev–Trinajstić information content (AvgIpc) is 2.66. The average molecular weight is 401 g/mol. The number of nitrogens with one attached hydrogen (secondary N) is 1. The van der Waals surface area contributed by atoms with Gasteiger partial charge in [-0.1, -0.05) is 42.5 Å². The zero-order chi connectivity index (χ0) is 20.1. The molecule has 0 aliphatic carbocycles. The highest BCUT2D eigenvalue weighted by atomic mass is 32.2. The number of halogens is 1. The molecule has 0 saturated carbocycles. The van der Waals surface area contributed by atoms with Crippen LogP contribution >= 0.6 is 0 Å². The van der Waals surface area contributed by atoms with Crippen molar-refractivity contribution in [3.05, 3.63) is 83.3 Å². The number of hydrogen-bond acceptors (Lipinski definition) is 3. The lowest BCUT2D eigenvalue weighted by Gasteiger charge is -2.23. The highest BCUT2D eigenvalue weighted by molar-refractivity contribution is 7.88. The Balaban J connectivity index is 1.72. The van der Waals surface area contributed by atoms with Crippen molar-refractivity contribution in [3.63, 3.8) is 0 Å². The quantitative estimate of drug-likeness (QED) is 0.808. The van der Waals surface area contributed by atoms with Crippen molar-refractivity contribution in [1.29, 1.82) is 0 Å². The van der Waals surface area contributed by atoms with E-state index in [1.54, 1.807) is 12.1 Å². The molecular weight excluding hydrogens is 381 g/mol. The van der Waals surface area contributed by atoms with Gasteiger partial charge in [-0.3, -0.25) is 9.10 Å². The van der Waals surface area contributed by atoms with Crippen molar-refractivity contribution in [2.75, 3.05) is 6.54 Å². The Kier molecular flexibility index (Phi) is 5.89. The Labute approximate surface area is 163 Å². The summed E-state index contributed by atoms with van der Waals surface area (Å²) in [6.07, 6.45) is 1.80. The first-order valence-electron chi connectivity index (χ1n) is 8.72. The number of benzene rings is 2. The van der Waals surface area contributed by atoms with E-state index in [0.29, 0.717) is 12.0 Å². The van der Waals surface area contributed by atoms with Gasteiger partial charge in [-0.15, -0.1) is 4.40 Å². The second-order valence-corrected chi connectivity index (χ2v) is 7.90. The second-order valence-electron chi connectivity index (χ2n) is 6.36. The molecule has 2 aromatic carbocycles. The lowest BCUT2D eigenvalue weighted by molar-refractivity contribution is -0.117. The van der Waals surface area contributed by atoms with Crippen molar-refractivity contribution < 1.29 is 17.6 Å². The molecule has 1 N–H and O–H groups in total. The lowest BCUT2D eigenvalue weighted by Crippen LogP contribution is -2.36. The Morgan fingerprint density at radius 3 is 2.54 bits per heavy atom. The maximum atomic E-state index is 13.3. The third kappa shape index (κ3) is 4.83. The minimum Gasteiger partial charge on any atom is -0.348 e. The summed E-state index contributed by atoms with van der Waals surface area (Å²) in [6.45, 7) is 1.77. The minimum absolute atomic E-state index is 0.118. The fraction of sp³-hybridized carbons (Fsp3) is 0.200. The van der Waals surface area contributed by atoms with E-state index < -0.39 is 16.1 Å². The van der Waals surface area contributed by atoms with Gasteiger partial charge in [0.05, 0.1) is 11.3 Å². The molecule has 0 spiro atoms. The zero-order valence-corrected chi connectivity index (χ0v) is 16.1. The Hall–Kier alpha value is -3.00. The smallest absolute Gasteiger partial charge is 0.344 e. The standard InChI is InChI=1S/C20H20FN3O3S/c1-15-19(20(25)22-13-17-8-5-9-18(21)12-17)14-24(28(26,27)23-15)11-10-16-6-3-2-4-7-16/h2-9,12,14H,10-11,13H2,1H3,(H,22,25). The summed E-state index contributed by atoms with van der Waals surface area (Å²) in [5, 5.41) is 2.67. The van der Waals surface area contributed by atoms with Crippen LogP contribution in [0.15, 0.2) is 70.8 Å². The molecule has 28 heavy (non-hydrogen) atoms. The van der Waals surface area contributed by atoms with Gasteiger partial charge in [0.1, 0.15) is 5.82 Å². The highest BCUT2D eigenvalue weighted by Crippen LogP contribution is 2.17. The van der Waals surface area contributed by atoms with E-state index in [0.717, 1.165) is 9.87 Å². The molecule has 1 aliphatic heterocycles. The molecule has 6 nitrogen and oxygen atoms in total. The number of rotatable bonds is 6. The molecule has 0 aromatic heterocycles. The first-order chi connectivity index (χ1) is 13.3. The zero-order valence-electron chi connectivity index (χ0n) is 15.3. The summed E-state index contributed by atoms with van der Waals surface area (Å²) in [5.41, 5.74) is 1.87. The number of carbonyl (C=O) groups is 1. The number of carbonyl (C=O) groups excluding carboxylic acids is 1. The van der Waals surface area contributed by atoms with Crippen LogP contribution in [0.3, 0.4) is 0 Å². The molecule has 0 saturated heterocycles. The molecule has 3 rings (SSSR count). The Bertz CT molecular complexity index is 1030. The first kappa shape index (κ1) is 19.8. The van der Waals surface area contributed by atoms with Crippen LogP contribution in [-0.2, 0) is 28.0 Å². The third-order valence-corrected chi connectivity index (χ3v) is 5.65. The molecular formula is C20H20FN3O3S. The van der Waals surface area contributed by atoms with Crippen molar-refractivity contribution in [1.82, 2.24) is 9.62 Å². The number of hydrogen-bond donors (Lipinski definition) is 1. The molecule has 8 heteroatoms. The van der Waals surface area contributed by atoms with Crippen LogP contribution in [-0.4, -0.2) is 30.9 Å². The van der Waals surface area contributed by atoms with Crippen LogP contribution in [0.2, 0.25) is 0 Å². The SMILES string of the molecule is CC1=NS(=O)(=O)N(CCc2ccccc2)C=C1C(=O)NCc1cccc(F)c1. The van der Waals surface area contributed by atoms with Crippen molar-refractivity contribution in [2.24, 2.45) is 4.40 Å². The van der Waals surface area contributed by atoms with E-state index in [1.807, 2.05) is 30.3 Å². The Morgan fingerprint density at radius 1 is 1.11 bits per heavy atom. The molecule has 2 aromatic rings. The van der Waals surface area contributed by atoms with Gasteiger partial charge in [-0.05, 0) is 36.6 Å². The van der Waals surface area contributed by atoms with Crippen LogP contribution < -0.4 is 5.32 Å². The predicted molar refractivity (Wildman–Crippen MR) is 105 cm³/mol. The van der Waals surface area contributed by atoms with E-state index in [9.17, 15) is 17.6 Å². The molecule has 1 amide bonds. The number of amides is 1. The molecule has 146 valence electrons. The number of nitrogens with zero attached hydrogens (tertiary/aromatic N) is 2. The predicted octanol–water partition coefficient (Wildman–Crippen LogP) is 2.59. The monoisotopic (exact) mass is 401 g/mol. The van der Waals surface area contributed by atoms with Gasteiger partial charge in [0.2, 0.25) is 0 Å². The van der Waals surface area contributed by atoms with Crippen LogP contribution in [0.25, 0.3) is 0 Å². The van der Waals surface area contributed by atoms with Crippen LogP contribution in [0.1, 0.15) is 18.1 Å². The molecule has 1 heterocycles. The summed E-state index contributed by atoms with van der Waals surface area (Å²) < 4.78 is 42.7. The summed E-state index contributed by atoms with van der Waals surface area (Å²) >= 11 is 0. The van der Waals surface area contributed by atoms with Crippen molar-refractivity contribution in [2.45, 2.75) is 19.9 Å². The fourth-order valence-electron chi connectivity index (χ4n) is 2.79. The maximum absolute atomic E-state index is 13.3. The van der Waals surface area contributed by atoms with E-state index >= 15 is 0 Å². The van der Waals surface area contributed by atoms with E-state index in [2.05, 4.69) is 9.71 Å². The van der Waals surface area contributed by atoms with Gasteiger partial charge in [0.15, 0.2) is 0 Å². The summed E-state index contributed by atoms with van der Waals surface area (Å²) in [6, 6.07) is 15.3. The third-order valence-electron chi connectivity index (χ3n) is 4.26. The van der Waals surface area contributed by atoms with E-state index in [1.165, 1.54) is 25.3 Å². The molecule has 0 atom stereocenters. The molecule has 0 unspecified atom stereocenters. The summed E-state index contributed by atoms with van der Waals surface area (Å²) in [7, 11) is -3.87. The molecule has 0 radical (unpaired) electrons. The van der Waals surface area contributed by atoms with Gasteiger partial charge < -0.3 is 5.32 Å². The molecule has 0 fully saturated rings. The lowest BCUT2D eigenvalue weighted by atomic mass is 10.1. The van der Waals surface area contributed by atoms with Crippen LogP contribution in [0.4, 0.5) is 4.39 Å². The maximum Gasteiger partial charge on any atom is 0.344 e. The largest absolute Gasteiger partial charge is 0.348 e. The minimum atomic E-state index is -3.87. The van der Waals surface area contributed by atoms with Gasteiger partial charge >= 0.3 is 10.2 Å². The van der Waals surface area contributed by atoms with Crippen LogP contribution in [0.5, 0.6) is 0 Å². The molecule has 0 bridgehead atoms. The van der Waals surface area contributed by atoms with Gasteiger partial charge in [-0.25, -0.2) is 4.39 Å². The van der Waals surface area contributed by atoms with Crippen molar-refractivity contribution >= 4 is 21.8 Å². The second kappa shape index (κ2) is 8.35. The normalized spacial score (nSPS) is 15.6. The van der Waals surface area contributed by atoms with Gasteiger partial charge in [0, 0.05) is 19.3 Å². The van der Waals surface area contributed by atoms with E-state index in [-0.39, 0.29) is 30.2 Å². The summed E-state index contributed by atoms with van der Waals surface area (Å²) in [5.74, 6) is -0.857. The fourth-order valence-corrected chi connectivity index (χ4v) is 3.90. The molecule has 1 aliphatic rings. The Morgan fingerprint density at radius 2 is 1.82 bits per heavy atom.